The van der Waals surface area contributed by atoms with Crippen LogP contribution in [0.3, 0.4) is 0 Å². The molecule has 5 rings (SSSR count). The summed E-state index contributed by atoms with van der Waals surface area (Å²) in [6, 6.07) is 26.8. The largest absolute Gasteiger partial charge is 0.355 e. The molecule has 1 aromatic heterocycles. The Balaban J connectivity index is 1.88. The second-order valence-electron chi connectivity index (χ2n) is 6.30. The van der Waals surface area contributed by atoms with Gasteiger partial charge in [-0.3, -0.25) is 4.79 Å². The number of aromatic amines is 1. The molecule has 0 aliphatic carbocycles. The smallest absolute Gasteiger partial charge is 0.150 e. The second-order valence-corrected chi connectivity index (χ2v) is 6.30. The topological polar surface area (TPSA) is 32.9 Å². The Morgan fingerprint density at radius 1 is 0.680 bits per heavy atom. The number of aromatic nitrogens is 1. The lowest BCUT2D eigenvalue weighted by Gasteiger charge is -2.10. The Morgan fingerprint density at radius 3 is 2.32 bits per heavy atom. The van der Waals surface area contributed by atoms with E-state index in [9.17, 15) is 4.79 Å². The molecule has 0 saturated carbocycles. The molecular weight excluding hydrogens is 306 g/mol. The molecule has 0 aliphatic rings. The second kappa shape index (κ2) is 5.32. The number of benzene rings is 4. The van der Waals surface area contributed by atoms with Crippen LogP contribution < -0.4 is 0 Å². The van der Waals surface area contributed by atoms with Gasteiger partial charge in [-0.25, -0.2) is 0 Å². The van der Waals surface area contributed by atoms with Gasteiger partial charge >= 0.3 is 0 Å². The Bertz CT molecular complexity index is 1260. The normalized spacial score (nSPS) is 11.4. The number of carbonyl (C=O) groups excluding carboxylic acids is 1. The van der Waals surface area contributed by atoms with E-state index in [1.165, 1.54) is 10.8 Å². The fourth-order valence-electron chi connectivity index (χ4n) is 3.71. The maximum absolute atomic E-state index is 11.7. The van der Waals surface area contributed by atoms with Crippen LogP contribution in [-0.2, 0) is 0 Å². The molecule has 1 N–H and O–H groups in total. The van der Waals surface area contributed by atoms with Crippen molar-refractivity contribution in [3.63, 3.8) is 0 Å². The summed E-state index contributed by atoms with van der Waals surface area (Å²) in [6.45, 7) is 0. The van der Waals surface area contributed by atoms with Crippen molar-refractivity contribution in [1.29, 1.82) is 0 Å². The van der Waals surface area contributed by atoms with Crippen LogP contribution in [-0.4, -0.2) is 11.3 Å². The summed E-state index contributed by atoms with van der Waals surface area (Å²) >= 11 is 0. The molecule has 0 spiro atoms. The number of fused-ring (bicyclic) bond motifs is 4. The molecule has 0 unspecified atom stereocenters. The lowest BCUT2D eigenvalue weighted by molar-refractivity contribution is 0.112. The van der Waals surface area contributed by atoms with Crippen LogP contribution >= 0.6 is 0 Å². The van der Waals surface area contributed by atoms with E-state index >= 15 is 0 Å². The maximum Gasteiger partial charge on any atom is 0.150 e. The minimum absolute atomic E-state index is 0.720. The molecule has 2 nitrogen and oxygen atoms in total. The average molecular weight is 321 g/mol. The molecule has 0 amide bonds. The molecule has 1 heterocycles. The number of para-hydroxylation sites is 1. The number of nitrogens with one attached hydrogen (secondary N) is 1. The number of H-pyrrole nitrogens is 1. The maximum atomic E-state index is 11.7. The van der Waals surface area contributed by atoms with Gasteiger partial charge in [0.2, 0.25) is 0 Å². The van der Waals surface area contributed by atoms with Crippen LogP contribution in [0.4, 0.5) is 0 Å². The summed E-state index contributed by atoms with van der Waals surface area (Å²) in [5.74, 6) is 0. The fourth-order valence-corrected chi connectivity index (χ4v) is 3.71. The highest BCUT2D eigenvalue weighted by atomic mass is 16.1. The van der Waals surface area contributed by atoms with Crippen LogP contribution in [0, 0.1) is 0 Å². The lowest BCUT2D eigenvalue weighted by atomic mass is 9.93. The van der Waals surface area contributed by atoms with E-state index < -0.39 is 0 Å². The van der Waals surface area contributed by atoms with Crippen molar-refractivity contribution >= 4 is 38.9 Å². The third kappa shape index (κ3) is 2.08. The van der Waals surface area contributed by atoms with Gasteiger partial charge in [0.1, 0.15) is 0 Å². The summed E-state index contributed by atoms with van der Waals surface area (Å²) in [4.78, 5) is 15.1. The van der Waals surface area contributed by atoms with Crippen molar-refractivity contribution in [2.24, 2.45) is 0 Å². The zero-order chi connectivity index (χ0) is 16.8. The van der Waals surface area contributed by atoms with Crippen LogP contribution in [0.25, 0.3) is 43.7 Å². The fraction of sp³-hybridized carbons (Fsp3) is 0. The van der Waals surface area contributed by atoms with Gasteiger partial charge in [0.25, 0.3) is 0 Å². The molecule has 25 heavy (non-hydrogen) atoms. The Labute approximate surface area is 144 Å². The number of hydrogen-bond acceptors (Lipinski definition) is 1. The van der Waals surface area contributed by atoms with Crippen molar-refractivity contribution in [1.82, 2.24) is 4.98 Å². The third-order valence-corrected chi connectivity index (χ3v) is 4.88. The van der Waals surface area contributed by atoms with E-state index in [1.54, 1.807) is 0 Å². The highest BCUT2D eigenvalue weighted by Crippen LogP contribution is 2.35. The van der Waals surface area contributed by atoms with Gasteiger partial charge in [0, 0.05) is 32.9 Å². The van der Waals surface area contributed by atoms with Gasteiger partial charge in [0.15, 0.2) is 6.29 Å². The average Bonchev–Trinajstić information content (AvgIpc) is 3.05. The molecule has 2 heteroatoms. The van der Waals surface area contributed by atoms with Crippen molar-refractivity contribution in [3.8, 4) is 11.1 Å². The molecule has 0 radical (unpaired) electrons. The minimum atomic E-state index is 0.720. The zero-order valence-corrected chi connectivity index (χ0v) is 13.5. The summed E-state index contributed by atoms with van der Waals surface area (Å²) in [7, 11) is 0. The van der Waals surface area contributed by atoms with Crippen LogP contribution in [0.5, 0.6) is 0 Å². The molecule has 118 valence electrons. The lowest BCUT2D eigenvalue weighted by Crippen LogP contribution is -1.90. The number of hydrogen-bond donors (Lipinski definition) is 1. The van der Waals surface area contributed by atoms with Gasteiger partial charge in [-0.2, -0.15) is 0 Å². The Kier molecular flexibility index (Phi) is 2.98. The predicted molar refractivity (Wildman–Crippen MR) is 104 cm³/mol. The van der Waals surface area contributed by atoms with Gasteiger partial charge in [0.05, 0.1) is 0 Å². The highest BCUT2D eigenvalue weighted by molar-refractivity contribution is 6.11. The number of carbonyl (C=O) groups is 1. The van der Waals surface area contributed by atoms with E-state index in [1.807, 2.05) is 30.3 Å². The van der Waals surface area contributed by atoms with E-state index in [2.05, 4.69) is 53.5 Å². The summed E-state index contributed by atoms with van der Waals surface area (Å²) in [5, 5.41) is 4.62. The quantitative estimate of drug-likeness (QED) is 0.400. The molecule has 4 aromatic carbocycles. The van der Waals surface area contributed by atoms with Gasteiger partial charge < -0.3 is 4.98 Å². The first kappa shape index (κ1) is 14.0. The zero-order valence-electron chi connectivity index (χ0n) is 13.5. The van der Waals surface area contributed by atoms with Crippen molar-refractivity contribution in [3.05, 3.63) is 84.4 Å². The highest BCUT2D eigenvalue weighted by Gasteiger charge is 2.12. The van der Waals surface area contributed by atoms with Crippen molar-refractivity contribution in [2.45, 2.75) is 0 Å². The monoisotopic (exact) mass is 321 g/mol. The third-order valence-electron chi connectivity index (χ3n) is 4.88. The molecule has 0 bridgehead atoms. The molecule has 0 atom stereocenters. The standard InChI is InChI=1S/C23H15NO/c25-14-17-10-9-15-5-1-2-6-18(15)23(17)16-11-12-22-20(13-16)19-7-3-4-8-21(19)24-22/h1-14,24H. The minimum Gasteiger partial charge on any atom is -0.355 e. The van der Waals surface area contributed by atoms with Gasteiger partial charge in [-0.1, -0.05) is 60.7 Å². The number of aldehydes is 1. The van der Waals surface area contributed by atoms with Crippen LogP contribution in [0.2, 0.25) is 0 Å². The SMILES string of the molecule is O=Cc1ccc2ccccc2c1-c1ccc2[nH]c3ccccc3c2c1. The Hall–Kier alpha value is -3.39. The van der Waals surface area contributed by atoms with Crippen molar-refractivity contribution in [2.75, 3.05) is 0 Å². The summed E-state index contributed by atoms with van der Waals surface area (Å²) in [6.07, 6.45) is 0.946. The molecule has 5 aromatic rings. The van der Waals surface area contributed by atoms with E-state index in [0.29, 0.717) is 0 Å². The molecular formula is C23H15NO. The van der Waals surface area contributed by atoms with Crippen LogP contribution in [0.1, 0.15) is 10.4 Å². The van der Waals surface area contributed by atoms with Gasteiger partial charge in [-0.15, -0.1) is 0 Å². The number of rotatable bonds is 2. The van der Waals surface area contributed by atoms with Crippen LogP contribution in [0.15, 0.2) is 78.9 Å². The van der Waals surface area contributed by atoms with E-state index in [4.69, 9.17) is 0 Å². The van der Waals surface area contributed by atoms with Gasteiger partial charge in [-0.05, 0) is 34.5 Å². The van der Waals surface area contributed by atoms with Crippen molar-refractivity contribution < 1.29 is 4.79 Å². The van der Waals surface area contributed by atoms with E-state index in [-0.39, 0.29) is 0 Å². The Morgan fingerprint density at radius 2 is 1.44 bits per heavy atom. The summed E-state index contributed by atoms with van der Waals surface area (Å²) < 4.78 is 0. The predicted octanol–water partition coefficient (Wildman–Crippen LogP) is 5.95. The first-order valence-electron chi connectivity index (χ1n) is 8.33. The molecule has 0 aliphatic heterocycles. The van der Waals surface area contributed by atoms with E-state index in [0.717, 1.165) is 44.8 Å². The first-order chi connectivity index (χ1) is 12.3. The summed E-state index contributed by atoms with van der Waals surface area (Å²) in [5.41, 5.74) is 5.02. The molecule has 0 saturated heterocycles. The molecule has 0 fully saturated rings. The first-order valence-corrected chi connectivity index (χ1v) is 8.33.